The van der Waals surface area contributed by atoms with E-state index >= 15 is 0 Å². The first-order valence-electron chi connectivity index (χ1n) is 9.27. The second-order valence-corrected chi connectivity index (χ2v) is 7.04. The van der Waals surface area contributed by atoms with Crippen LogP contribution in [0.4, 0.5) is 0 Å². The van der Waals surface area contributed by atoms with Crippen LogP contribution in [0.25, 0.3) is 10.9 Å². The van der Waals surface area contributed by atoms with Crippen LogP contribution in [-0.4, -0.2) is 54.6 Å². The number of benzene rings is 1. The van der Waals surface area contributed by atoms with E-state index in [1.165, 1.54) is 10.9 Å². The van der Waals surface area contributed by atoms with Gasteiger partial charge in [-0.1, -0.05) is 12.1 Å². The number of aliphatic hydroxyl groups is 1. The summed E-state index contributed by atoms with van der Waals surface area (Å²) in [5.74, 6) is -0.147. The van der Waals surface area contributed by atoms with Gasteiger partial charge in [-0.25, -0.2) is 4.98 Å². The molecule has 1 aliphatic rings. The summed E-state index contributed by atoms with van der Waals surface area (Å²) in [6, 6.07) is 7.15. The van der Waals surface area contributed by atoms with E-state index in [1.54, 1.807) is 41.7 Å². The van der Waals surface area contributed by atoms with Crippen molar-refractivity contribution in [2.75, 3.05) is 13.1 Å². The standard InChI is InChI=1S/C20H21N5O3/c26-18-12-25(11-14(18)9-15-10-21-6-7-22-15)19(27)5-8-24-13-23-17-4-2-1-3-16(17)20(24)28/h1-4,6-7,10,13-14,18,26H,5,8-9,11-12H2/t14-,18-/m1/s1. The third-order valence-electron chi connectivity index (χ3n) is 5.15. The number of aromatic nitrogens is 4. The maximum Gasteiger partial charge on any atom is 0.261 e. The molecule has 4 rings (SSSR count). The predicted molar refractivity (Wildman–Crippen MR) is 102 cm³/mol. The van der Waals surface area contributed by atoms with Gasteiger partial charge in [0.15, 0.2) is 0 Å². The molecule has 0 bridgehead atoms. The minimum absolute atomic E-state index is 0.0642. The molecule has 0 spiro atoms. The van der Waals surface area contributed by atoms with Gasteiger partial charge < -0.3 is 10.0 Å². The second kappa shape index (κ2) is 7.85. The minimum Gasteiger partial charge on any atom is -0.391 e. The van der Waals surface area contributed by atoms with Gasteiger partial charge in [0.1, 0.15) is 0 Å². The zero-order valence-corrected chi connectivity index (χ0v) is 15.3. The van der Waals surface area contributed by atoms with E-state index in [-0.39, 0.29) is 30.3 Å². The smallest absolute Gasteiger partial charge is 0.261 e. The van der Waals surface area contributed by atoms with Gasteiger partial charge in [0.05, 0.1) is 29.0 Å². The van der Waals surface area contributed by atoms with E-state index < -0.39 is 6.10 Å². The summed E-state index contributed by atoms with van der Waals surface area (Å²) in [5.41, 5.74) is 1.29. The minimum atomic E-state index is -0.587. The molecule has 1 aliphatic heterocycles. The highest BCUT2D eigenvalue weighted by Crippen LogP contribution is 2.21. The number of likely N-dealkylation sites (tertiary alicyclic amines) is 1. The van der Waals surface area contributed by atoms with Crippen LogP contribution in [0, 0.1) is 5.92 Å². The van der Waals surface area contributed by atoms with Crippen LogP contribution >= 0.6 is 0 Å². The molecular formula is C20H21N5O3. The molecule has 1 aromatic carbocycles. The van der Waals surface area contributed by atoms with E-state index in [2.05, 4.69) is 15.0 Å². The number of aryl methyl sites for hydroxylation is 1. The van der Waals surface area contributed by atoms with Gasteiger partial charge in [-0.2, -0.15) is 0 Å². The van der Waals surface area contributed by atoms with Crippen molar-refractivity contribution in [3.8, 4) is 0 Å². The fourth-order valence-corrected chi connectivity index (χ4v) is 3.60. The lowest BCUT2D eigenvalue weighted by Gasteiger charge is -2.16. The molecule has 1 saturated heterocycles. The Kier molecular flexibility index (Phi) is 5.12. The highest BCUT2D eigenvalue weighted by molar-refractivity contribution is 5.77. The van der Waals surface area contributed by atoms with Crippen LogP contribution in [0.2, 0.25) is 0 Å². The molecular weight excluding hydrogens is 358 g/mol. The van der Waals surface area contributed by atoms with E-state index in [4.69, 9.17) is 0 Å². The van der Waals surface area contributed by atoms with Crippen molar-refractivity contribution in [3.05, 3.63) is 65.2 Å². The van der Waals surface area contributed by atoms with Gasteiger partial charge in [-0.15, -0.1) is 0 Å². The number of aliphatic hydroxyl groups excluding tert-OH is 1. The summed E-state index contributed by atoms with van der Waals surface area (Å²) in [6.45, 7) is 1.03. The average molecular weight is 379 g/mol. The third kappa shape index (κ3) is 3.77. The fraction of sp³-hybridized carbons (Fsp3) is 0.350. The number of carbonyl (C=O) groups is 1. The van der Waals surface area contributed by atoms with Crippen molar-refractivity contribution in [2.24, 2.45) is 5.92 Å². The molecule has 1 N–H and O–H groups in total. The largest absolute Gasteiger partial charge is 0.391 e. The number of nitrogens with zero attached hydrogens (tertiary/aromatic N) is 5. The van der Waals surface area contributed by atoms with Gasteiger partial charge in [-0.3, -0.25) is 24.1 Å². The Morgan fingerprint density at radius 2 is 2.04 bits per heavy atom. The molecule has 0 aliphatic carbocycles. The van der Waals surface area contributed by atoms with E-state index in [0.29, 0.717) is 30.4 Å². The molecule has 3 aromatic rings. The maximum absolute atomic E-state index is 12.6. The molecule has 2 atom stereocenters. The molecule has 1 fully saturated rings. The number of β-amino-alcohol motifs (C(OH)–C–C–N with tert-alkyl or cyclic N) is 1. The van der Waals surface area contributed by atoms with Crippen molar-refractivity contribution >= 4 is 16.8 Å². The van der Waals surface area contributed by atoms with Crippen LogP contribution in [0.15, 0.2) is 54.0 Å². The fourth-order valence-electron chi connectivity index (χ4n) is 3.60. The van der Waals surface area contributed by atoms with Crippen LogP contribution in [-0.2, 0) is 17.8 Å². The first kappa shape index (κ1) is 18.2. The third-order valence-corrected chi connectivity index (χ3v) is 5.15. The summed E-state index contributed by atoms with van der Waals surface area (Å²) in [6.07, 6.45) is 6.56. The van der Waals surface area contributed by atoms with Gasteiger partial charge in [0, 0.05) is 50.6 Å². The predicted octanol–water partition coefficient (Wildman–Crippen LogP) is 0.639. The molecule has 1 amide bonds. The Hall–Kier alpha value is -3.13. The van der Waals surface area contributed by atoms with Gasteiger partial charge in [0.2, 0.25) is 5.91 Å². The number of hydrogen-bond donors (Lipinski definition) is 1. The Balaban J connectivity index is 1.38. The Labute approximate surface area is 161 Å². The molecule has 0 radical (unpaired) electrons. The normalized spacial score (nSPS) is 19.2. The SMILES string of the molecule is O=C(CCn1cnc2ccccc2c1=O)N1C[C@@H](Cc2cnccn2)[C@H](O)C1. The summed E-state index contributed by atoms with van der Waals surface area (Å²) >= 11 is 0. The maximum atomic E-state index is 12.6. The van der Waals surface area contributed by atoms with Crippen LogP contribution < -0.4 is 5.56 Å². The number of rotatable bonds is 5. The molecule has 28 heavy (non-hydrogen) atoms. The average Bonchev–Trinajstić information content (AvgIpc) is 3.09. The van der Waals surface area contributed by atoms with Crippen LogP contribution in [0.5, 0.6) is 0 Å². The molecule has 0 saturated carbocycles. The Bertz CT molecular complexity index is 1040. The van der Waals surface area contributed by atoms with Crippen molar-refractivity contribution < 1.29 is 9.90 Å². The zero-order chi connectivity index (χ0) is 19.5. The quantitative estimate of drug-likeness (QED) is 0.698. The van der Waals surface area contributed by atoms with Crippen molar-refractivity contribution in [1.29, 1.82) is 0 Å². The van der Waals surface area contributed by atoms with Gasteiger partial charge in [-0.05, 0) is 18.6 Å². The molecule has 2 aromatic heterocycles. The lowest BCUT2D eigenvalue weighted by atomic mass is 10.0. The van der Waals surface area contributed by atoms with Crippen LogP contribution in [0.3, 0.4) is 0 Å². The van der Waals surface area contributed by atoms with Crippen LogP contribution in [0.1, 0.15) is 12.1 Å². The lowest BCUT2D eigenvalue weighted by molar-refractivity contribution is -0.130. The number of amides is 1. The highest BCUT2D eigenvalue weighted by atomic mass is 16.3. The van der Waals surface area contributed by atoms with Crippen molar-refractivity contribution in [1.82, 2.24) is 24.4 Å². The monoisotopic (exact) mass is 379 g/mol. The number of hydrogen-bond acceptors (Lipinski definition) is 6. The van der Waals surface area contributed by atoms with Crippen molar-refractivity contribution in [3.63, 3.8) is 0 Å². The molecule has 144 valence electrons. The summed E-state index contributed by atoms with van der Waals surface area (Å²) in [7, 11) is 0. The summed E-state index contributed by atoms with van der Waals surface area (Å²) in [4.78, 5) is 39.3. The Morgan fingerprint density at radius 3 is 2.86 bits per heavy atom. The van der Waals surface area contributed by atoms with E-state index in [9.17, 15) is 14.7 Å². The first-order chi connectivity index (χ1) is 13.6. The number of para-hydroxylation sites is 1. The highest BCUT2D eigenvalue weighted by Gasteiger charge is 2.34. The topological polar surface area (TPSA) is 101 Å². The van der Waals surface area contributed by atoms with Gasteiger partial charge >= 0.3 is 0 Å². The second-order valence-electron chi connectivity index (χ2n) is 7.04. The zero-order valence-electron chi connectivity index (χ0n) is 15.3. The molecule has 0 unspecified atom stereocenters. The summed E-state index contributed by atoms with van der Waals surface area (Å²) in [5, 5.41) is 10.8. The van der Waals surface area contributed by atoms with Crippen molar-refractivity contribution in [2.45, 2.75) is 25.5 Å². The first-order valence-corrected chi connectivity index (χ1v) is 9.27. The molecule has 3 heterocycles. The van der Waals surface area contributed by atoms with E-state index in [0.717, 1.165) is 5.69 Å². The molecule has 8 nitrogen and oxygen atoms in total. The Morgan fingerprint density at radius 1 is 1.18 bits per heavy atom. The van der Waals surface area contributed by atoms with Gasteiger partial charge in [0.25, 0.3) is 5.56 Å². The molecule has 8 heteroatoms. The number of carbonyl (C=O) groups excluding carboxylic acids is 1. The summed E-state index contributed by atoms with van der Waals surface area (Å²) < 4.78 is 1.46. The number of fused-ring (bicyclic) bond motifs is 1. The lowest BCUT2D eigenvalue weighted by Crippen LogP contribution is -2.31. The van der Waals surface area contributed by atoms with E-state index in [1.807, 2.05) is 6.07 Å².